The summed E-state index contributed by atoms with van der Waals surface area (Å²) >= 11 is 0. The van der Waals surface area contributed by atoms with Crippen molar-refractivity contribution in [3.05, 3.63) is 497 Å². The summed E-state index contributed by atoms with van der Waals surface area (Å²) in [5.74, 6) is 1.40. The van der Waals surface area contributed by atoms with Crippen LogP contribution in [0.4, 0.5) is 0 Å². The van der Waals surface area contributed by atoms with E-state index in [-0.39, 0.29) is 0 Å². The van der Waals surface area contributed by atoms with E-state index < -0.39 is 0 Å². The molecule has 6 heteroatoms. The second kappa shape index (κ2) is 33.1. The van der Waals surface area contributed by atoms with Crippen molar-refractivity contribution in [2.45, 2.75) is 0 Å². The highest BCUT2D eigenvalue weighted by molar-refractivity contribution is 6.31. The van der Waals surface area contributed by atoms with Gasteiger partial charge in [-0.1, -0.05) is 400 Å². The van der Waals surface area contributed by atoms with Gasteiger partial charge in [-0.2, -0.15) is 0 Å². The second-order valence-corrected chi connectivity index (χ2v) is 35.3. The first-order valence-corrected chi connectivity index (χ1v) is 46.5. The average Bonchev–Trinajstić information content (AvgIpc) is 1.55. The lowest BCUT2D eigenvalue weighted by molar-refractivity contribution is 1.19. The van der Waals surface area contributed by atoms with E-state index in [1.165, 1.54) is 131 Å². The summed E-state index contributed by atoms with van der Waals surface area (Å²) in [6, 6.07) is 179. The molecule has 4 heterocycles. The van der Waals surface area contributed by atoms with E-state index in [4.69, 9.17) is 19.9 Å². The van der Waals surface area contributed by atoms with Gasteiger partial charge in [-0.3, -0.25) is 0 Å². The smallest absolute Gasteiger partial charge is 0.161 e. The number of benzene rings is 23. The Kier molecular flexibility index (Phi) is 19.2. The fourth-order valence-corrected chi connectivity index (χ4v) is 21.2. The predicted octanol–water partition coefficient (Wildman–Crippen LogP) is 34.7. The molecule has 0 bridgehead atoms. The van der Waals surface area contributed by atoms with Crippen LogP contribution in [0.15, 0.2) is 497 Å². The van der Waals surface area contributed by atoms with Crippen LogP contribution >= 0.6 is 0 Å². The topological polar surface area (TPSA) is 61.4 Å². The van der Waals surface area contributed by atoms with E-state index in [1.54, 1.807) is 0 Å². The van der Waals surface area contributed by atoms with Gasteiger partial charge in [0, 0.05) is 65.3 Å². The molecule has 0 saturated heterocycles. The molecular weight excluding hydrogens is 1650 g/mol. The Labute approximate surface area is 785 Å². The highest BCUT2D eigenvalue weighted by atomic mass is 15.0. The molecule has 0 saturated carbocycles. The summed E-state index contributed by atoms with van der Waals surface area (Å²) in [6.45, 7) is 0. The van der Waals surface area contributed by atoms with Crippen molar-refractivity contribution < 1.29 is 0 Å². The first kappa shape index (κ1) is 78.9. The summed E-state index contributed by atoms with van der Waals surface area (Å²) in [4.78, 5) is 21.6. The van der Waals surface area contributed by atoms with Gasteiger partial charge in [0.25, 0.3) is 0 Å². The molecule has 0 aliphatic carbocycles. The van der Waals surface area contributed by atoms with Crippen molar-refractivity contribution in [3.8, 4) is 135 Å². The Morgan fingerprint density at radius 2 is 0.434 bits per heavy atom. The quantitative estimate of drug-likeness (QED) is 0.115. The molecule has 136 heavy (non-hydrogen) atoms. The molecule has 0 aliphatic heterocycles. The second-order valence-electron chi connectivity index (χ2n) is 35.3. The molecule has 0 aliphatic rings. The highest BCUT2D eigenvalue weighted by Crippen LogP contribution is 2.49. The van der Waals surface area contributed by atoms with E-state index in [1.807, 2.05) is 0 Å². The van der Waals surface area contributed by atoms with Crippen molar-refractivity contribution in [1.29, 1.82) is 0 Å². The lowest BCUT2D eigenvalue weighted by Crippen LogP contribution is -1.99. The molecule has 0 atom stereocenters. The van der Waals surface area contributed by atoms with Crippen LogP contribution in [0.3, 0.4) is 0 Å². The maximum atomic E-state index is 5.56. The molecule has 0 radical (unpaired) electrons. The molecule has 632 valence electrons. The summed E-state index contributed by atoms with van der Waals surface area (Å²) in [5.41, 5.74) is 31.2. The third-order valence-corrected chi connectivity index (χ3v) is 27.6. The number of hydrogen-bond donors (Lipinski definition) is 0. The molecule has 6 nitrogen and oxygen atoms in total. The normalized spacial score (nSPS) is 11.7. The first-order valence-electron chi connectivity index (χ1n) is 46.5. The third kappa shape index (κ3) is 13.6. The molecule has 0 fully saturated rings. The molecule has 27 aromatic rings. The van der Waals surface area contributed by atoms with Gasteiger partial charge in [0.05, 0.1) is 55.9 Å². The summed E-state index contributed by atoms with van der Waals surface area (Å²) in [6.07, 6.45) is 0. The summed E-state index contributed by atoms with van der Waals surface area (Å²) < 4.78 is 4.96. The Hall–Kier alpha value is -18.1. The molecule has 23 aromatic carbocycles. The van der Waals surface area contributed by atoms with Crippen LogP contribution in [0.1, 0.15) is 0 Å². The van der Waals surface area contributed by atoms with Crippen molar-refractivity contribution in [2.24, 2.45) is 0 Å². The van der Waals surface area contributed by atoms with Crippen molar-refractivity contribution >= 4 is 130 Å². The van der Waals surface area contributed by atoms with E-state index in [0.29, 0.717) is 11.6 Å². The maximum absolute atomic E-state index is 5.56. The summed E-state index contributed by atoms with van der Waals surface area (Å²) in [5, 5.41) is 21.4. The molecule has 0 N–H and O–H groups in total. The first-order chi connectivity index (χ1) is 67.4. The van der Waals surface area contributed by atoms with E-state index in [2.05, 4.69) is 507 Å². The van der Waals surface area contributed by atoms with Gasteiger partial charge in [-0.05, 0) is 229 Å². The summed E-state index contributed by atoms with van der Waals surface area (Å²) in [7, 11) is 0. The molecular formula is C130H82N6. The Bertz CT molecular complexity index is 9400. The van der Waals surface area contributed by atoms with Gasteiger partial charge >= 0.3 is 0 Å². The van der Waals surface area contributed by atoms with E-state index in [9.17, 15) is 0 Å². The van der Waals surface area contributed by atoms with Gasteiger partial charge in [0.1, 0.15) is 0 Å². The van der Waals surface area contributed by atoms with Crippen LogP contribution in [0.2, 0.25) is 0 Å². The van der Waals surface area contributed by atoms with Gasteiger partial charge < -0.3 is 9.13 Å². The fraction of sp³-hybridized carbons (Fsp3) is 0. The Morgan fingerprint density at radius 3 is 0.926 bits per heavy atom. The van der Waals surface area contributed by atoms with Gasteiger partial charge in [-0.25, -0.2) is 19.9 Å². The highest BCUT2D eigenvalue weighted by Gasteiger charge is 2.26. The number of hydrogen-bond acceptors (Lipinski definition) is 4. The van der Waals surface area contributed by atoms with E-state index in [0.717, 1.165) is 122 Å². The van der Waals surface area contributed by atoms with Crippen LogP contribution in [0, 0.1) is 0 Å². The monoisotopic (exact) mass is 1730 g/mol. The molecule has 0 spiro atoms. The average molecular weight is 1730 g/mol. The van der Waals surface area contributed by atoms with Crippen LogP contribution < -0.4 is 0 Å². The molecule has 0 unspecified atom stereocenters. The molecule has 4 aromatic heterocycles. The lowest BCUT2D eigenvalue weighted by atomic mass is 9.93. The predicted molar refractivity (Wildman–Crippen MR) is 573 cm³/mol. The van der Waals surface area contributed by atoms with Crippen molar-refractivity contribution in [1.82, 2.24) is 29.1 Å². The number of para-hydroxylation sites is 2. The largest absolute Gasteiger partial charge is 0.309 e. The minimum atomic E-state index is 0.691. The lowest BCUT2D eigenvalue weighted by Gasteiger charge is -2.16. The van der Waals surface area contributed by atoms with Crippen LogP contribution in [0.5, 0.6) is 0 Å². The molecule has 27 rings (SSSR count). The van der Waals surface area contributed by atoms with Gasteiger partial charge in [0.15, 0.2) is 11.6 Å². The van der Waals surface area contributed by atoms with Gasteiger partial charge in [0.2, 0.25) is 0 Å². The van der Waals surface area contributed by atoms with Crippen molar-refractivity contribution in [2.75, 3.05) is 0 Å². The Balaban J connectivity index is 0.000000142. The minimum absolute atomic E-state index is 0.691. The van der Waals surface area contributed by atoms with Gasteiger partial charge in [-0.15, -0.1) is 0 Å². The number of aromatic nitrogens is 6. The van der Waals surface area contributed by atoms with Crippen LogP contribution in [-0.4, -0.2) is 29.1 Å². The minimum Gasteiger partial charge on any atom is -0.309 e. The van der Waals surface area contributed by atoms with Crippen LogP contribution in [0.25, 0.3) is 265 Å². The van der Waals surface area contributed by atoms with Crippen molar-refractivity contribution in [3.63, 3.8) is 0 Å². The van der Waals surface area contributed by atoms with Crippen LogP contribution in [-0.2, 0) is 0 Å². The third-order valence-electron chi connectivity index (χ3n) is 27.6. The molecule has 0 amide bonds. The fourth-order valence-electron chi connectivity index (χ4n) is 21.2. The zero-order chi connectivity index (χ0) is 89.7. The number of nitrogens with zero attached hydrogens (tertiary/aromatic N) is 6. The zero-order valence-electron chi connectivity index (χ0n) is 74.0. The standard InChI is InChI=1S/C68H43N3.C62H39N3/c1-4-17-44(18-5-1)47-31-33-49(34-32-47)53-28-16-29-58-56(53)36-40-64-66(58)65-54-24-11-10-23-48(54)35-38-63(65)71(64)62-39-37-59(55-25-12-13-26-57(55)62)68-69-61-30-15-14-27-60(61)67(70-68)52-42-50(45-19-6-2-7-20-45)41-51(43-52)46-21-8-3-9-22-46;1-3-15-40(16-4-1)43-20-13-22-45(37-43)46-29-32-50-47(38-46)31-35-58-60(50)59-49-24-8-7-19-42(49)30-34-57(59)65(58)56-36-33-53(51-25-9-10-26-52(51)56)62-63-55-28-12-11-27-54(55)61(64-62)48-23-14-21-44(39-48)41-17-5-2-6-18-41/h1-43H;1-39H. The SMILES string of the molecule is c1ccc(-c2ccc(-c3cccc4c3ccc3c4c4c5ccccc5ccc4n3-c3ccc(-c4nc(-c5cc(-c6ccccc6)cc(-c6ccccc6)c5)c5ccccc5n4)c4ccccc34)cc2)cc1.c1ccc(-c2cccc(-c3ccc4c(ccc5c4c4c6ccccc6ccc4n5-c4ccc(-c5nc(-c6cccc(-c7ccccc7)c6)c6ccccc6n5)c5ccccc45)c3)c2)cc1. The number of rotatable bonds is 13. The maximum Gasteiger partial charge on any atom is 0.161 e. The zero-order valence-corrected chi connectivity index (χ0v) is 74.0. The van der Waals surface area contributed by atoms with E-state index >= 15 is 0 Å². The number of fused-ring (bicyclic) bond motifs is 18. The Morgan fingerprint density at radius 1 is 0.140 bits per heavy atom.